The Labute approximate surface area is 137 Å². The van der Waals surface area contributed by atoms with E-state index in [1.807, 2.05) is 0 Å². The Hall–Kier alpha value is -0.550. The van der Waals surface area contributed by atoms with Crippen LogP contribution in [0.3, 0.4) is 0 Å². The highest BCUT2D eigenvalue weighted by Crippen LogP contribution is 2.26. The van der Waals surface area contributed by atoms with Crippen LogP contribution in [0.5, 0.6) is 0 Å². The molecule has 0 radical (unpaired) electrons. The number of aryl methyl sites for hydroxylation is 1. The molecule has 0 bridgehead atoms. The Bertz CT molecular complexity index is 568. The van der Waals surface area contributed by atoms with Crippen LogP contribution in [0.1, 0.15) is 30.5 Å². The molecule has 0 amide bonds. The number of nitrogens with one attached hydrogen (secondary N) is 1. The van der Waals surface area contributed by atoms with Crippen molar-refractivity contribution < 1.29 is 0 Å². The second kappa shape index (κ2) is 6.75. The van der Waals surface area contributed by atoms with Crippen molar-refractivity contribution in [1.82, 2.24) is 0 Å². The minimum atomic E-state index is 0.344. The molecule has 1 atom stereocenters. The molecule has 1 N–H and O–H groups in total. The molecular formula is C16H17BrIN. The van der Waals surface area contributed by atoms with Gasteiger partial charge in [-0.2, -0.15) is 0 Å². The van der Waals surface area contributed by atoms with Gasteiger partial charge in [0, 0.05) is 13.7 Å². The van der Waals surface area contributed by atoms with Crippen LogP contribution in [0.25, 0.3) is 0 Å². The van der Waals surface area contributed by atoms with E-state index in [4.69, 9.17) is 0 Å². The van der Waals surface area contributed by atoms with Gasteiger partial charge in [0.15, 0.2) is 0 Å². The summed E-state index contributed by atoms with van der Waals surface area (Å²) in [6.07, 6.45) is 1.06. The number of anilines is 1. The number of benzene rings is 2. The summed E-state index contributed by atoms with van der Waals surface area (Å²) in [5.41, 5.74) is 3.82. The van der Waals surface area contributed by atoms with Crippen LogP contribution in [0.4, 0.5) is 5.69 Å². The van der Waals surface area contributed by atoms with E-state index in [1.165, 1.54) is 20.4 Å². The lowest BCUT2D eigenvalue weighted by Crippen LogP contribution is -2.09. The summed E-state index contributed by atoms with van der Waals surface area (Å²) >= 11 is 5.92. The van der Waals surface area contributed by atoms with Crippen LogP contribution in [0.2, 0.25) is 0 Å². The van der Waals surface area contributed by atoms with E-state index in [1.54, 1.807) is 0 Å². The quantitative estimate of drug-likeness (QED) is 0.594. The monoisotopic (exact) mass is 429 g/mol. The summed E-state index contributed by atoms with van der Waals surface area (Å²) in [7, 11) is 0. The van der Waals surface area contributed by atoms with E-state index in [0.717, 1.165) is 10.9 Å². The summed E-state index contributed by atoms with van der Waals surface area (Å²) in [4.78, 5) is 0. The van der Waals surface area contributed by atoms with Gasteiger partial charge in [-0.05, 0) is 71.3 Å². The first-order valence-electron chi connectivity index (χ1n) is 6.38. The van der Waals surface area contributed by atoms with E-state index >= 15 is 0 Å². The van der Waals surface area contributed by atoms with Crippen molar-refractivity contribution in [3.05, 3.63) is 61.6 Å². The first-order chi connectivity index (χ1) is 9.10. The van der Waals surface area contributed by atoms with Crippen LogP contribution < -0.4 is 5.32 Å². The summed E-state index contributed by atoms with van der Waals surface area (Å²) in [6, 6.07) is 15.4. The molecule has 19 heavy (non-hydrogen) atoms. The zero-order valence-corrected chi connectivity index (χ0v) is 14.8. The minimum Gasteiger partial charge on any atom is -0.378 e. The Morgan fingerprint density at radius 1 is 1.21 bits per heavy atom. The van der Waals surface area contributed by atoms with Crippen molar-refractivity contribution in [3.63, 3.8) is 0 Å². The fraction of sp³-hybridized carbons (Fsp3) is 0.250. The van der Waals surface area contributed by atoms with Gasteiger partial charge in [-0.15, -0.1) is 0 Å². The molecule has 0 fully saturated rings. The molecule has 0 aromatic heterocycles. The van der Waals surface area contributed by atoms with E-state index in [0.29, 0.717) is 6.04 Å². The summed E-state index contributed by atoms with van der Waals surface area (Å²) < 4.78 is 2.43. The van der Waals surface area contributed by atoms with Crippen molar-refractivity contribution >= 4 is 44.2 Å². The fourth-order valence-corrected chi connectivity index (χ4v) is 2.96. The molecule has 100 valence electrons. The van der Waals surface area contributed by atoms with Gasteiger partial charge in [-0.25, -0.2) is 0 Å². The van der Waals surface area contributed by atoms with Crippen molar-refractivity contribution in [2.75, 3.05) is 5.32 Å². The highest BCUT2D eigenvalue weighted by molar-refractivity contribution is 14.1. The molecule has 2 aromatic rings. The average Bonchev–Trinajstić information content (AvgIpc) is 2.40. The normalized spacial score (nSPS) is 12.2. The number of hydrogen-bond acceptors (Lipinski definition) is 1. The second-order valence-electron chi connectivity index (χ2n) is 4.62. The number of rotatable bonds is 4. The van der Waals surface area contributed by atoms with Gasteiger partial charge in [0.1, 0.15) is 0 Å². The Balaban J connectivity index is 2.21. The zero-order chi connectivity index (χ0) is 13.8. The lowest BCUT2D eigenvalue weighted by atomic mass is 10.0. The molecule has 3 heteroatoms. The first-order valence-corrected chi connectivity index (χ1v) is 8.25. The van der Waals surface area contributed by atoms with Crippen LogP contribution in [-0.2, 0) is 0 Å². The molecule has 0 aliphatic heterocycles. The highest BCUT2D eigenvalue weighted by atomic mass is 127. The predicted octanol–water partition coefficient (Wildman–Crippen LogP) is 5.93. The summed E-state index contributed by atoms with van der Waals surface area (Å²) in [5, 5.41) is 3.61. The number of halogens is 2. The highest BCUT2D eigenvalue weighted by Gasteiger charge is 2.09. The van der Waals surface area contributed by atoms with E-state index < -0.39 is 0 Å². The van der Waals surface area contributed by atoms with E-state index in [-0.39, 0.29) is 0 Å². The maximum Gasteiger partial charge on any atom is 0.0511 e. The van der Waals surface area contributed by atoms with Crippen molar-refractivity contribution in [3.8, 4) is 0 Å². The third-order valence-electron chi connectivity index (χ3n) is 3.17. The Morgan fingerprint density at radius 2 is 2.00 bits per heavy atom. The van der Waals surface area contributed by atoms with Gasteiger partial charge in [0.05, 0.1) is 6.04 Å². The van der Waals surface area contributed by atoms with E-state index in [2.05, 4.69) is 100 Å². The van der Waals surface area contributed by atoms with Gasteiger partial charge in [0.25, 0.3) is 0 Å². The van der Waals surface area contributed by atoms with Crippen molar-refractivity contribution in [2.24, 2.45) is 0 Å². The van der Waals surface area contributed by atoms with Crippen molar-refractivity contribution in [1.29, 1.82) is 0 Å². The molecule has 1 unspecified atom stereocenters. The van der Waals surface area contributed by atoms with Gasteiger partial charge in [0.2, 0.25) is 0 Å². The maximum atomic E-state index is 3.61. The van der Waals surface area contributed by atoms with Gasteiger partial charge >= 0.3 is 0 Å². The van der Waals surface area contributed by atoms with Crippen molar-refractivity contribution in [2.45, 2.75) is 26.3 Å². The smallest absolute Gasteiger partial charge is 0.0511 e. The van der Waals surface area contributed by atoms with Crippen LogP contribution >= 0.6 is 38.5 Å². The molecule has 2 aromatic carbocycles. The lowest BCUT2D eigenvalue weighted by Gasteiger charge is -2.19. The van der Waals surface area contributed by atoms with Crippen LogP contribution in [0.15, 0.2) is 46.9 Å². The third-order valence-corrected chi connectivity index (χ3v) is 4.83. The topological polar surface area (TPSA) is 12.0 Å². The Morgan fingerprint density at radius 3 is 2.63 bits per heavy atom. The predicted molar refractivity (Wildman–Crippen MR) is 94.7 cm³/mol. The molecule has 0 spiro atoms. The van der Waals surface area contributed by atoms with Gasteiger partial charge < -0.3 is 5.32 Å². The molecule has 0 saturated heterocycles. The molecule has 2 rings (SSSR count). The molecular weight excluding hydrogens is 413 g/mol. The molecule has 0 aliphatic carbocycles. The number of hydrogen-bond donors (Lipinski definition) is 1. The maximum absolute atomic E-state index is 3.61. The second-order valence-corrected chi connectivity index (χ2v) is 6.70. The molecule has 1 nitrogen and oxygen atoms in total. The van der Waals surface area contributed by atoms with E-state index in [9.17, 15) is 0 Å². The minimum absolute atomic E-state index is 0.344. The largest absolute Gasteiger partial charge is 0.378 e. The third kappa shape index (κ3) is 3.96. The fourth-order valence-electron chi connectivity index (χ4n) is 2.03. The summed E-state index contributed by atoms with van der Waals surface area (Å²) in [6.45, 7) is 4.34. The molecule has 0 saturated carbocycles. The average molecular weight is 430 g/mol. The lowest BCUT2D eigenvalue weighted by molar-refractivity contribution is 0.749. The van der Waals surface area contributed by atoms with Gasteiger partial charge in [-0.1, -0.05) is 41.1 Å². The standard InChI is InChI=1S/C16H17BrIN/c1-3-16(12-5-4-6-13(17)9-12)19-14-8-7-11(2)15(18)10-14/h4-10,16,19H,3H2,1-2H3. The van der Waals surface area contributed by atoms with Crippen LogP contribution in [0, 0.1) is 10.5 Å². The Kier molecular flexibility index (Phi) is 5.28. The van der Waals surface area contributed by atoms with Gasteiger partial charge in [-0.3, -0.25) is 0 Å². The molecule has 0 heterocycles. The zero-order valence-electron chi connectivity index (χ0n) is 11.1. The molecule has 0 aliphatic rings. The first kappa shape index (κ1) is 14.9. The summed E-state index contributed by atoms with van der Waals surface area (Å²) in [5.74, 6) is 0. The van der Waals surface area contributed by atoms with Crippen LogP contribution in [-0.4, -0.2) is 0 Å². The SMILES string of the molecule is CCC(Nc1ccc(C)c(I)c1)c1cccc(Br)c1.